The molecule has 0 saturated carbocycles. The summed E-state index contributed by atoms with van der Waals surface area (Å²) in [6, 6.07) is 14.7. The van der Waals surface area contributed by atoms with E-state index in [2.05, 4.69) is 10.3 Å². The number of aromatic nitrogens is 1. The molecule has 0 bridgehead atoms. The summed E-state index contributed by atoms with van der Waals surface area (Å²) in [5.41, 5.74) is 1.91. The number of nitrogens with one attached hydrogen (secondary N) is 1. The molecule has 0 atom stereocenters. The van der Waals surface area contributed by atoms with Gasteiger partial charge in [0.2, 0.25) is 0 Å². The molecule has 11 heteroatoms. The van der Waals surface area contributed by atoms with Crippen molar-refractivity contribution in [1.82, 2.24) is 10.3 Å². The zero-order valence-corrected chi connectivity index (χ0v) is 18.5. The highest BCUT2D eigenvalue weighted by Crippen LogP contribution is 2.33. The minimum absolute atomic E-state index is 0.0839. The van der Waals surface area contributed by atoms with Crippen LogP contribution in [0.25, 0.3) is 0 Å². The second-order valence-electron chi connectivity index (χ2n) is 6.69. The maximum absolute atomic E-state index is 12.9. The molecule has 3 aromatic rings. The van der Waals surface area contributed by atoms with Gasteiger partial charge in [-0.25, -0.2) is 22.2 Å². The van der Waals surface area contributed by atoms with E-state index in [1.165, 1.54) is 23.5 Å². The number of halogens is 2. The van der Waals surface area contributed by atoms with Crippen molar-refractivity contribution in [2.75, 3.05) is 10.8 Å². The standard InChI is InChI=1S/C21H18F2N4O3S2/c1-13-18(20(28)25-12-32(29)30)26-21(31-13)27(17-8-4-14(10-24)5-9-17)11-15-2-6-16(7-3-15)19(22)23/h2-9,19,32H,11-12H2,1H3,(H,25,28). The first-order valence-electron chi connectivity index (χ1n) is 9.30. The Hall–Kier alpha value is -3.36. The molecule has 7 nitrogen and oxygen atoms in total. The average Bonchev–Trinajstić information content (AvgIpc) is 3.17. The highest BCUT2D eigenvalue weighted by molar-refractivity contribution is 7.72. The maximum atomic E-state index is 12.9. The second kappa shape index (κ2) is 10.3. The Morgan fingerprint density at radius 3 is 2.41 bits per heavy atom. The lowest BCUT2D eigenvalue weighted by atomic mass is 10.1. The SMILES string of the molecule is Cc1sc(N(Cc2ccc(C(F)F)cc2)c2ccc(C#N)cc2)nc1C(=O)NC[SH](=O)=O. The Balaban J connectivity index is 1.96. The summed E-state index contributed by atoms with van der Waals surface area (Å²) in [4.78, 5) is 19.1. The number of hydrogen-bond donors (Lipinski definition) is 2. The number of alkyl halides is 2. The maximum Gasteiger partial charge on any atom is 0.271 e. The quantitative estimate of drug-likeness (QED) is 0.478. The van der Waals surface area contributed by atoms with Crippen LogP contribution in [0, 0.1) is 18.3 Å². The van der Waals surface area contributed by atoms with E-state index in [1.54, 1.807) is 48.2 Å². The Bertz CT molecular complexity index is 1210. The molecule has 166 valence electrons. The summed E-state index contributed by atoms with van der Waals surface area (Å²) < 4.78 is 47.3. The van der Waals surface area contributed by atoms with Gasteiger partial charge >= 0.3 is 0 Å². The molecule has 0 aliphatic carbocycles. The lowest BCUT2D eigenvalue weighted by molar-refractivity contribution is 0.0955. The van der Waals surface area contributed by atoms with E-state index in [1.807, 2.05) is 6.07 Å². The van der Waals surface area contributed by atoms with Crippen LogP contribution < -0.4 is 10.2 Å². The van der Waals surface area contributed by atoms with Crippen molar-refractivity contribution in [2.45, 2.75) is 19.9 Å². The zero-order valence-electron chi connectivity index (χ0n) is 16.8. The van der Waals surface area contributed by atoms with Gasteiger partial charge in [-0.1, -0.05) is 24.3 Å². The van der Waals surface area contributed by atoms with Crippen LogP contribution in [0.15, 0.2) is 48.5 Å². The molecule has 1 aromatic heterocycles. The first-order chi connectivity index (χ1) is 15.3. The molecule has 0 unspecified atom stereocenters. The number of anilines is 2. The van der Waals surface area contributed by atoms with Crippen LogP contribution in [0.3, 0.4) is 0 Å². The van der Waals surface area contributed by atoms with Crippen LogP contribution in [-0.2, 0) is 17.2 Å². The average molecular weight is 477 g/mol. The number of carbonyl (C=O) groups is 1. The van der Waals surface area contributed by atoms with Crippen LogP contribution in [0.4, 0.5) is 19.6 Å². The molecule has 0 spiro atoms. The third-order valence-electron chi connectivity index (χ3n) is 4.48. The normalized spacial score (nSPS) is 10.9. The monoisotopic (exact) mass is 476 g/mol. The number of thiazole rings is 1. The van der Waals surface area contributed by atoms with Crippen LogP contribution >= 0.6 is 11.3 Å². The van der Waals surface area contributed by atoms with Gasteiger partial charge < -0.3 is 10.2 Å². The number of rotatable bonds is 8. The zero-order chi connectivity index (χ0) is 23.3. The molecule has 1 heterocycles. The molecule has 0 saturated heterocycles. The molecule has 1 N–H and O–H groups in total. The second-order valence-corrected chi connectivity index (χ2v) is 8.85. The Labute approximate surface area is 188 Å². The fraction of sp³-hybridized carbons (Fsp3) is 0.190. The lowest BCUT2D eigenvalue weighted by Gasteiger charge is -2.22. The van der Waals surface area contributed by atoms with Crippen molar-refractivity contribution in [3.05, 3.63) is 75.8 Å². The first kappa shape index (κ1) is 23.3. The van der Waals surface area contributed by atoms with E-state index in [4.69, 9.17) is 5.26 Å². The van der Waals surface area contributed by atoms with Gasteiger partial charge in [0.15, 0.2) is 15.8 Å². The highest BCUT2D eigenvalue weighted by atomic mass is 32.2. The number of nitrogens with zero attached hydrogens (tertiary/aromatic N) is 3. The highest BCUT2D eigenvalue weighted by Gasteiger charge is 2.21. The summed E-state index contributed by atoms with van der Waals surface area (Å²) >= 11 is 1.24. The van der Waals surface area contributed by atoms with E-state index in [9.17, 15) is 22.0 Å². The van der Waals surface area contributed by atoms with Gasteiger partial charge in [-0.2, -0.15) is 5.26 Å². The van der Waals surface area contributed by atoms with E-state index < -0.39 is 28.9 Å². The molecule has 1 amide bonds. The molecular weight excluding hydrogens is 458 g/mol. The van der Waals surface area contributed by atoms with E-state index >= 15 is 0 Å². The molecule has 3 rings (SSSR count). The van der Waals surface area contributed by atoms with Gasteiger partial charge in [-0.15, -0.1) is 11.3 Å². The number of amides is 1. The van der Waals surface area contributed by atoms with Gasteiger partial charge in [0, 0.05) is 16.1 Å². The van der Waals surface area contributed by atoms with Crippen molar-refractivity contribution >= 4 is 38.8 Å². The fourth-order valence-corrected chi connectivity index (χ4v) is 4.06. The molecule has 32 heavy (non-hydrogen) atoms. The van der Waals surface area contributed by atoms with Gasteiger partial charge in [0.1, 0.15) is 11.6 Å². The molecule has 0 fully saturated rings. The summed E-state index contributed by atoms with van der Waals surface area (Å²) in [5, 5.41) is 11.8. The minimum Gasteiger partial charge on any atom is -0.337 e. The topological polar surface area (TPSA) is 103 Å². The predicted molar refractivity (Wildman–Crippen MR) is 118 cm³/mol. The van der Waals surface area contributed by atoms with Crippen LogP contribution in [0.1, 0.15) is 38.5 Å². The number of carbonyl (C=O) groups excluding carboxylic acids is 1. The van der Waals surface area contributed by atoms with Gasteiger partial charge in [0.05, 0.1) is 18.2 Å². The summed E-state index contributed by atoms with van der Waals surface area (Å²) in [6.45, 7) is 1.97. The van der Waals surface area contributed by atoms with Gasteiger partial charge in [-0.3, -0.25) is 4.79 Å². The van der Waals surface area contributed by atoms with Crippen molar-refractivity contribution < 1.29 is 22.0 Å². The summed E-state index contributed by atoms with van der Waals surface area (Å²) in [7, 11) is -2.77. The number of thiol groups is 1. The van der Waals surface area contributed by atoms with Crippen molar-refractivity contribution in [3.63, 3.8) is 0 Å². The molecule has 2 aromatic carbocycles. The number of nitriles is 1. The Morgan fingerprint density at radius 2 is 1.84 bits per heavy atom. The molecular formula is C21H18F2N4O3S2. The number of hydrogen-bond acceptors (Lipinski definition) is 7. The Kier molecular flexibility index (Phi) is 7.50. The summed E-state index contributed by atoms with van der Waals surface area (Å²) in [6.07, 6.45) is -2.56. The number of aryl methyl sites for hydroxylation is 1. The first-order valence-corrected chi connectivity index (χ1v) is 11.5. The van der Waals surface area contributed by atoms with E-state index in [0.717, 1.165) is 5.56 Å². The lowest BCUT2D eigenvalue weighted by Crippen LogP contribution is -2.26. The third-order valence-corrected chi connectivity index (χ3v) is 5.89. The van der Waals surface area contributed by atoms with Crippen LogP contribution in [-0.4, -0.2) is 25.2 Å². The van der Waals surface area contributed by atoms with Gasteiger partial charge in [0.25, 0.3) is 12.3 Å². The van der Waals surface area contributed by atoms with Crippen LogP contribution in [0.5, 0.6) is 0 Å². The minimum atomic E-state index is -2.77. The number of benzene rings is 2. The van der Waals surface area contributed by atoms with E-state index in [0.29, 0.717) is 21.3 Å². The van der Waals surface area contributed by atoms with Gasteiger partial charge in [-0.05, 0) is 36.8 Å². The molecule has 0 aliphatic heterocycles. The van der Waals surface area contributed by atoms with Crippen molar-refractivity contribution in [2.24, 2.45) is 0 Å². The predicted octanol–water partition coefficient (Wildman–Crippen LogP) is 3.90. The summed E-state index contributed by atoms with van der Waals surface area (Å²) in [5.74, 6) is -1.10. The smallest absolute Gasteiger partial charge is 0.271 e. The van der Waals surface area contributed by atoms with Crippen LogP contribution in [0.2, 0.25) is 0 Å². The van der Waals surface area contributed by atoms with Crippen molar-refractivity contribution in [1.29, 1.82) is 5.26 Å². The largest absolute Gasteiger partial charge is 0.337 e. The van der Waals surface area contributed by atoms with Crippen molar-refractivity contribution in [3.8, 4) is 6.07 Å². The third kappa shape index (κ3) is 5.66. The fourth-order valence-electron chi connectivity index (χ4n) is 2.87. The molecule has 0 aliphatic rings. The Morgan fingerprint density at radius 1 is 1.19 bits per heavy atom. The molecule has 0 radical (unpaired) electrons. The van der Waals surface area contributed by atoms with E-state index in [-0.39, 0.29) is 17.8 Å².